The summed E-state index contributed by atoms with van der Waals surface area (Å²) >= 11 is 1.48. The fourth-order valence-corrected chi connectivity index (χ4v) is 3.46. The molecule has 1 aromatic heterocycles. The standard InChI is InChI=1S/C20H19N5OS/c1-14-6-5-8-15(12-14)19-23-24-20(25(19)2)27-11-10-18(26)22-17-9-4-3-7-16(17)13-21/h3-9,12H,10-11H2,1-2H3,(H,22,26). The monoisotopic (exact) mass is 377 g/mol. The van der Waals surface area contributed by atoms with Gasteiger partial charge in [0, 0.05) is 24.8 Å². The first-order chi connectivity index (χ1) is 13.1. The van der Waals surface area contributed by atoms with Gasteiger partial charge in [-0.15, -0.1) is 10.2 Å². The quantitative estimate of drug-likeness (QED) is 0.661. The summed E-state index contributed by atoms with van der Waals surface area (Å²) in [6.07, 6.45) is 0.317. The van der Waals surface area contributed by atoms with E-state index < -0.39 is 0 Å². The number of carbonyl (C=O) groups excluding carboxylic acids is 1. The number of anilines is 1. The lowest BCUT2D eigenvalue weighted by molar-refractivity contribution is -0.115. The first-order valence-corrected chi connectivity index (χ1v) is 9.45. The number of para-hydroxylation sites is 1. The van der Waals surface area contributed by atoms with Crippen LogP contribution in [0.4, 0.5) is 5.69 Å². The van der Waals surface area contributed by atoms with Crippen LogP contribution in [0.2, 0.25) is 0 Å². The summed E-state index contributed by atoms with van der Waals surface area (Å²) in [5.74, 6) is 1.24. The highest BCUT2D eigenvalue weighted by molar-refractivity contribution is 7.99. The third-order valence-corrected chi connectivity index (χ3v) is 5.02. The molecular formula is C20H19N5OS. The molecule has 6 nitrogen and oxygen atoms in total. The molecule has 0 unspecified atom stereocenters. The Hall–Kier alpha value is -3.11. The first kappa shape index (κ1) is 18.7. The summed E-state index contributed by atoms with van der Waals surface area (Å²) in [7, 11) is 1.92. The van der Waals surface area contributed by atoms with Crippen LogP contribution in [0, 0.1) is 18.3 Å². The Bertz CT molecular complexity index is 1010. The molecule has 1 N–H and O–H groups in total. The van der Waals surface area contributed by atoms with Gasteiger partial charge < -0.3 is 9.88 Å². The van der Waals surface area contributed by atoms with Gasteiger partial charge in [0.25, 0.3) is 0 Å². The molecular weight excluding hydrogens is 358 g/mol. The zero-order valence-electron chi connectivity index (χ0n) is 15.1. The zero-order chi connectivity index (χ0) is 19.2. The van der Waals surface area contributed by atoms with E-state index in [9.17, 15) is 4.79 Å². The molecule has 7 heteroatoms. The second kappa shape index (κ2) is 8.52. The van der Waals surface area contributed by atoms with Crippen LogP contribution in [0.1, 0.15) is 17.5 Å². The molecule has 0 atom stereocenters. The van der Waals surface area contributed by atoms with Crippen molar-refractivity contribution in [1.29, 1.82) is 5.26 Å². The maximum absolute atomic E-state index is 12.1. The molecule has 1 heterocycles. The molecule has 3 aromatic rings. The summed E-state index contributed by atoms with van der Waals surface area (Å²) in [6.45, 7) is 2.04. The van der Waals surface area contributed by atoms with Crippen molar-refractivity contribution in [1.82, 2.24) is 14.8 Å². The average Bonchev–Trinajstić information content (AvgIpc) is 3.03. The molecule has 0 bridgehead atoms. The lowest BCUT2D eigenvalue weighted by Gasteiger charge is -2.07. The first-order valence-electron chi connectivity index (χ1n) is 8.46. The fraction of sp³-hybridized carbons (Fsp3) is 0.200. The number of aryl methyl sites for hydroxylation is 1. The Morgan fingerprint density at radius 1 is 1.22 bits per heavy atom. The second-order valence-electron chi connectivity index (χ2n) is 6.04. The van der Waals surface area contributed by atoms with Crippen molar-refractivity contribution in [3.8, 4) is 17.5 Å². The number of hydrogen-bond acceptors (Lipinski definition) is 5. The van der Waals surface area contributed by atoms with E-state index in [1.807, 2.05) is 36.7 Å². The van der Waals surface area contributed by atoms with Crippen LogP contribution in [-0.2, 0) is 11.8 Å². The van der Waals surface area contributed by atoms with Gasteiger partial charge in [0.05, 0.1) is 11.3 Å². The number of nitriles is 1. The number of amides is 1. The predicted octanol–water partition coefficient (Wildman–Crippen LogP) is 3.78. The van der Waals surface area contributed by atoms with Crippen LogP contribution in [0.3, 0.4) is 0 Å². The minimum Gasteiger partial charge on any atom is -0.325 e. The van der Waals surface area contributed by atoms with E-state index in [-0.39, 0.29) is 5.91 Å². The Balaban J connectivity index is 1.58. The fourth-order valence-electron chi connectivity index (χ4n) is 2.61. The molecule has 136 valence electrons. The Morgan fingerprint density at radius 2 is 2.04 bits per heavy atom. The van der Waals surface area contributed by atoms with Crippen LogP contribution in [0.5, 0.6) is 0 Å². The van der Waals surface area contributed by atoms with Gasteiger partial charge in [-0.25, -0.2) is 0 Å². The molecule has 2 aromatic carbocycles. The number of nitrogens with zero attached hydrogens (tertiary/aromatic N) is 4. The van der Waals surface area contributed by atoms with Gasteiger partial charge in [-0.2, -0.15) is 5.26 Å². The second-order valence-corrected chi connectivity index (χ2v) is 7.10. The maximum atomic E-state index is 12.1. The van der Waals surface area contributed by atoms with Crippen molar-refractivity contribution >= 4 is 23.4 Å². The minimum absolute atomic E-state index is 0.133. The highest BCUT2D eigenvalue weighted by atomic mass is 32.2. The molecule has 0 spiro atoms. The molecule has 0 fully saturated rings. The maximum Gasteiger partial charge on any atom is 0.225 e. The lowest BCUT2D eigenvalue weighted by Crippen LogP contribution is -2.13. The van der Waals surface area contributed by atoms with E-state index in [4.69, 9.17) is 5.26 Å². The van der Waals surface area contributed by atoms with Gasteiger partial charge in [0.15, 0.2) is 11.0 Å². The number of thioether (sulfide) groups is 1. The minimum atomic E-state index is -0.133. The van der Waals surface area contributed by atoms with Gasteiger partial charge in [0.2, 0.25) is 5.91 Å². The van der Waals surface area contributed by atoms with Crippen LogP contribution < -0.4 is 5.32 Å². The number of hydrogen-bond donors (Lipinski definition) is 1. The van der Waals surface area contributed by atoms with Crippen molar-refractivity contribution in [2.75, 3.05) is 11.1 Å². The molecule has 0 saturated carbocycles. The topological polar surface area (TPSA) is 83.6 Å². The van der Waals surface area contributed by atoms with Crippen LogP contribution in [-0.4, -0.2) is 26.4 Å². The summed E-state index contributed by atoms with van der Waals surface area (Å²) in [5, 5.41) is 21.1. The molecule has 0 saturated heterocycles. The Labute approximate surface area is 162 Å². The zero-order valence-corrected chi connectivity index (χ0v) is 16.0. The summed E-state index contributed by atoms with van der Waals surface area (Å²) < 4.78 is 1.93. The Kier molecular flexibility index (Phi) is 5.89. The molecule has 0 aliphatic rings. The predicted molar refractivity (Wildman–Crippen MR) is 106 cm³/mol. The number of nitrogens with one attached hydrogen (secondary N) is 1. The van der Waals surface area contributed by atoms with E-state index >= 15 is 0 Å². The normalized spacial score (nSPS) is 10.4. The van der Waals surface area contributed by atoms with E-state index in [0.717, 1.165) is 16.5 Å². The van der Waals surface area contributed by atoms with Crippen LogP contribution in [0.25, 0.3) is 11.4 Å². The highest BCUT2D eigenvalue weighted by Gasteiger charge is 2.12. The lowest BCUT2D eigenvalue weighted by atomic mass is 10.1. The van der Waals surface area contributed by atoms with Gasteiger partial charge in [0.1, 0.15) is 6.07 Å². The molecule has 0 aliphatic carbocycles. The van der Waals surface area contributed by atoms with Crippen molar-refractivity contribution in [2.24, 2.45) is 7.05 Å². The smallest absolute Gasteiger partial charge is 0.225 e. The number of carbonyl (C=O) groups is 1. The van der Waals surface area contributed by atoms with Gasteiger partial charge >= 0.3 is 0 Å². The molecule has 1 amide bonds. The number of aromatic nitrogens is 3. The SMILES string of the molecule is Cc1cccc(-c2nnc(SCCC(=O)Nc3ccccc3C#N)n2C)c1. The summed E-state index contributed by atoms with van der Waals surface area (Å²) in [6, 6.07) is 17.1. The van der Waals surface area contributed by atoms with Gasteiger partial charge in [-0.1, -0.05) is 47.7 Å². The number of benzene rings is 2. The van der Waals surface area contributed by atoms with E-state index in [1.54, 1.807) is 24.3 Å². The van der Waals surface area contributed by atoms with Crippen molar-refractivity contribution in [3.63, 3.8) is 0 Å². The van der Waals surface area contributed by atoms with Crippen molar-refractivity contribution in [2.45, 2.75) is 18.5 Å². The van der Waals surface area contributed by atoms with E-state index in [2.05, 4.69) is 27.6 Å². The third-order valence-electron chi connectivity index (χ3n) is 3.99. The summed E-state index contributed by atoms with van der Waals surface area (Å²) in [5.41, 5.74) is 3.17. The molecule has 0 radical (unpaired) electrons. The van der Waals surface area contributed by atoms with E-state index in [1.165, 1.54) is 17.3 Å². The number of rotatable bonds is 6. The van der Waals surface area contributed by atoms with Crippen LogP contribution in [0.15, 0.2) is 53.7 Å². The molecule has 27 heavy (non-hydrogen) atoms. The average molecular weight is 377 g/mol. The van der Waals surface area contributed by atoms with Gasteiger partial charge in [-0.05, 0) is 25.1 Å². The van der Waals surface area contributed by atoms with Crippen molar-refractivity contribution < 1.29 is 4.79 Å². The largest absolute Gasteiger partial charge is 0.325 e. The van der Waals surface area contributed by atoms with E-state index in [0.29, 0.717) is 23.4 Å². The Morgan fingerprint density at radius 3 is 2.81 bits per heavy atom. The van der Waals surface area contributed by atoms with Gasteiger partial charge in [-0.3, -0.25) is 4.79 Å². The highest BCUT2D eigenvalue weighted by Crippen LogP contribution is 2.24. The molecule has 0 aliphatic heterocycles. The third kappa shape index (κ3) is 4.54. The summed E-state index contributed by atoms with van der Waals surface area (Å²) in [4.78, 5) is 12.1. The van der Waals surface area contributed by atoms with Crippen LogP contribution >= 0.6 is 11.8 Å². The molecule has 3 rings (SSSR count). The van der Waals surface area contributed by atoms with Crippen molar-refractivity contribution in [3.05, 3.63) is 59.7 Å².